The van der Waals surface area contributed by atoms with Gasteiger partial charge in [0.05, 0.1) is 13.3 Å². The van der Waals surface area contributed by atoms with Gasteiger partial charge in [0.25, 0.3) is 5.95 Å². The Labute approximate surface area is 93.8 Å². The quantitative estimate of drug-likeness (QED) is 0.787. The van der Waals surface area contributed by atoms with Crippen LogP contribution < -0.4 is 14.8 Å². The number of rotatable bonds is 4. The molecule has 1 aliphatic heterocycles. The smallest absolute Gasteiger partial charge is 0.255 e. The van der Waals surface area contributed by atoms with Gasteiger partial charge in [-0.25, -0.2) is 4.98 Å². The van der Waals surface area contributed by atoms with Gasteiger partial charge in [-0.15, -0.1) is 0 Å². The number of halogens is 1. The second-order valence-electron chi connectivity index (χ2n) is 3.84. The highest BCUT2D eigenvalue weighted by Crippen LogP contribution is 2.23. The van der Waals surface area contributed by atoms with E-state index < -0.39 is 5.95 Å². The molecule has 1 saturated heterocycles. The molecule has 4 nitrogen and oxygen atoms in total. The van der Waals surface area contributed by atoms with Crippen LogP contribution in [0.3, 0.4) is 0 Å². The SMILES string of the molecule is COc1cc(OC(C)[C@H]2CCN2)cnc1F. The van der Waals surface area contributed by atoms with Gasteiger partial charge in [-0.1, -0.05) is 0 Å². The van der Waals surface area contributed by atoms with Crippen LogP contribution in [0.5, 0.6) is 11.5 Å². The minimum absolute atomic E-state index is 0.0470. The van der Waals surface area contributed by atoms with Gasteiger partial charge in [0, 0.05) is 12.1 Å². The van der Waals surface area contributed by atoms with Gasteiger partial charge in [0.1, 0.15) is 11.9 Å². The highest BCUT2D eigenvalue weighted by molar-refractivity contribution is 5.29. The molecule has 0 aliphatic carbocycles. The van der Waals surface area contributed by atoms with Gasteiger partial charge in [-0.05, 0) is 19.9 Å². The van der Waals surface area contributed by atoms with Crippen molar-refractivity contribution >= 4 is 0 Å². The van der Waals surface area contributed by atoms with Crippen LogP contribution in [0.25, 0.3) is 0 Å². The molecule has 0 bridgehead atoms. The summed E-state index contributed by atoms with van der Waals surface area (Å²) in [5, 5.41) is 3.25. The maximum Gasteiger partial charge on any atom is 0.255 e. The first kappa shape index (κ1) is 11.1. The Morgan fingerprint density at radius 2 is 2.38 bits per heavy atom. The molecule has 1 aliphatic rings. The number of aromatic nitrogens is 1. The lowest BCUT2D eigenvalue weighted by atomic mass is 10.0. The molecule has 0 amide bonds. The summed E-state index contributed by atoms with van der Waals surface area (Å²) in [5.74, 6) is 0.00925. The number of pyridine rings is 1. The molecule has 2 rings (SSSR count). The molecule has 0 radical (unpaired) electrons. The van der Waals surface area contributed by atoms with Crippen molar-refractivity contribution in [3.05, 3.63) is 18.2 Å². The fourth-order valence-corrected chi connectivity index (χ4v) is 1.63. The lowest BCUT2D eigenvalue weighted by Gasteiger charge is -2.33. The number of nitrogens with one attached hydrogen (secondary N) is 1. The molecular weight excluding hydrogens is 211 g/mol. The number of hydrogen-bond donors (Lipinski definition) is 1. The summed E-state index contributed by atoms with van der Waals surface area (Å²) >= 11 is 0. The Bertz CT molecular complexity index is 369. The van der Waals surface area contributed by atoms with Crippen molar-refractivity contribution in [2.45, 2.75) is 25.5 Å². The van der Waals surface area contributed by atoms with Crippen molar-refractivity contribution in [3.8, 4) is 11.5 Å². The normalized spacial score (nSPS) is 21.1. The molecule has 1 N–H and O–H groups in total. The summed E-state index contributed by atoms with van der Waals surface area (Å²) in [6, 6.07) is 1.88. The average molecular weight is 226 g/mol. The Balaban J connectivity index is 2.03. The maximum atomic E-state index is 13.0. The predicted molar refractivity (Wildman–Crippen MR) is 57.2 cm³/mol. The predicted octanol–water partition coefficient (Wildman–Crippen LogP) is 1.36. The van der Waals surface area contributed by atoms with Crippen LogP contribution in [0.4, 0.5) is 4.39 Å². The number of hydrogen-bond acceptors (Lipinski definition) is 4. The van der Waals surface area contributed by atoms with Crippen LogP contribution in [-0.2, 0) is 0 Å². The van der Waals surface area contributed by atoms with Crippen LogP contribution in [0, 0.1) is 5.95 Å². The van der Waals surface area contributed by atoms with Crippen LogP contribution in [0.2, 0.25) is 0 Å². The third kappa shape index (κ3) is 2.24. The number of ether oxygens (including phenoxy) is 2. The third-order valence-corrected chi connectivity index (χ3v) is 2.75. The number of methoxy groups -OCH3 is 1. The minimum Gasteiger partial charge on any atom is -0.492 e. The molecule has 2 heterocycles. The molecule has 0 spiro atoms. The van der Waals surface area contributed by atoms with Gasteiger partial charge in [0.2, 0.25) is 0 Å². The van der Waals surface area contributed by atoms with Crippen molar-refractivity contribution < 1.29 is 13.9 Å². The fourth-order valence-electron chi connectivity index (χ4n) is 1.63. The first-order valence-electron chi connectivity index (χ1n) is 5.30. The zero-order valence-electron chi connectivity index (χ0n) is 9.37. The molecule has 1 unspecified atom stereocenters. The van der Waals surface area contributed by atoms with E-state index in [2.05, 4.69) is 10.3 Å². The summed E-state index contributed by atoms with van der Waals surface area (Å²) in [6.45, 7) is 3.01. The Morgan fingerprint density at radius 1 is 1.62 bits per heavy atom. The Hall–Kier alpha value is -1.36. The average Bonchev–Trinajstić information content (AvgIpc) is 2.18. The van der Waals surface area contributed by atoms with E-state index in [9.17, 15) is 4.39 Å². The molecule has 5 heteroatoms. The van der Waals surface area contributed by atoms with Crippen LogP contribution >= 0.6 is 0 Å². The molecular formula is C11H15FN2O2. The summed E-state index contributed by atoms with van der Waals surface area (Å²) in [6.07, 6.45) is 2.52. The summed E-state index contributed by atoms with van der Waals surface area (Å²) in [4.78, 5) is 3.57. The molecule has 88 valence electrons. The molecule has 16 heavy (non-hydrogen) atoms. The van der Waals surface area contributed by atoms with Crippen LogP contribution in [0.15, 0.2) is 12.3 Å². The van der Waals surface area contributed by atoms with Gasteiger partial charge in [-0.2, -0.15) is 4.39 Å². The van der Waals surface area contributed by atoms with E-state index in [0.29, 0.717) is 11.8 Å². The first-order chi connectivity index (χ1) is 7.70. The van der Waals surface area contributed by atoms with E-state index in [1.54, 1.807) is 0 Å². The summed E-state index contributed by atoms with van der Waals surface area (Å²) in [5.41, 5.74) is 0. The second kappa shape index (κ2) is 4.65. The Kier molecular flexibility index (Phi) is 3.24. The minimum atomic E-state index is -0.621. The van der Waals surface area contributed by atoms with E-state index in [1.807, 2.05) is 6.92 Å². The topological polar surface area (TPSA) is 43.4 Å². The van der Waals surface area contributed by atoms with Crippen molar-refractivity contribution in [2.24, 2.45) is 0 Å². The van der Waals surface area contributed by atoms with Crippen LogP contribution in [0.1, 0.15) is 13.3 Å². The van der Waals surface area contributed by atoms with Gasteiger partial charge < -0.3 is 14.8 Å². The summed E-state index contributed by atoms with van der Waals surface area (Å²) < 4.78 is 23.5. The monoisotopic (exact) mass is 226 g/mol. The molecule has 0 saturated carbocycles. The van der Waals surface area contributed by atoms with Crippen molar-refractivity contribution in [3.63, 3.8) is 0 Å². The zero-order valence-corrected chi connectivity index (χ0v) is 9.37. The molecule has 1 aromatic rings. The first-order valence-corrected chi connectivity index (χ1v) is 5.30. The largest absolute Gasteiger partial charge is 0.492 e. The van der Waals surface area contributed by atoms with Crippen molar-refractivity contribution in [1.29, 1.82) is 0 Å². The molecule has 1 fully saturated rings. The van der Waals surface area contributed by atoms with E-state index >= 15 is 0 Å². The van der Waals surface area contributed by atoms with Gasteiger partial charge in [0.15, 0.2) is 5.75 Å². The van der Waals surface area contributed by atoms with E-state index in [-0.39, 0.29) is 11.9 Å². The van der Waals surface area contributed by atoms with E-state index in [1.165, 1.54) is 19.4 Å². The summed E-state index contributed by atoms with van der Waals surface area (Å²) in [7, 11) is 1.40. The zero-order chi connectivity index (χ0) is 11.5. The van der Waals surface area contributed by atoms with Crippen molar-refractivity contribution in [2.75, 3.05) is 13.7 Å². The fraction of sp³-hybridized carbons (Fsp3) is 0.545. The second-order valence-corrected chi connectivity index (χ2v) is 3.84. The molecule has 2 atom stereocenters. The molecule has 1 aromatic heterocycles. The van der Waals surface area contributed by atoms with Gasteiger partial charge >= 0.3 is 0 Å². The highest BCUT2D eigenvalue weighted by Gasteiger charge is 2.24. The third-order valence-electron chi connectivity index (χ3n) is 2.75. The maximum absolute atomic E-state index is 13.0. The van der Waals surface area contributed by atoms with Crippen LogP contribution in [-0.4, -0.2) is 30.8 Å². The highest BCUT2D eigenvalue weighted by atomic mass is 19.1. The van der Waals surface area contributed by atoms with Gasteiger partial charge in [-0.3, -0.25) is 0 Å². The standard InChI is InChI=1S/C11H15FN2O2/c1-7(9-3-4-13-9)16-8-5-10(15-2)11(12)14-6-8/h5-7,9,13H,3-4H2,1-2H3/t7?,9-/m1/s1. The lowest BCUT2D eigenvalue weighted by Crippen LogP contribution is -2.51. The molecule has 0 aromatic carbocycles. The van der Waals surface area contributed by atoms with E-state index in [4.69, 9.17) is 9.47 Å². The number of nitrogens with zero attached hydrogens (tertiary/aromatic N) is 1. The Morgan fingerprint density at radius 3 is 2.94 bits per heavy atom. The van der Waals surface area contributed by atoms with Crippen molar-refractivity contribution in [1.82, 2.24) is 10.3 Å². The lowest BCUT2D eigenvalue weighted by molar-refractivity contribution is 0.132. The van der Waals surface area contributed by atoms with E-state index in [0.717, 1.165) is 13.0 Å².